The normalized spacial score (nSPS) is 17.7. The van der Waals surface area contributed by atoms with Gasteiger partial charge in [0.25, 0.3) is 0 Å². The summed E-state index contributed by atoms with van der Waals surface area (Å²) >= 11 is 0. The summed E-state index contributed by atoms with van der Waals surface area (Å²) in [4.78, 5) is 8.01. The van der Waals surface area contributed by atoms with Gasteiger partial charge in [0.15, 0.2) is 0 Å². The first kappa shape index (κ1) is 12.7. The zero-order valence-electron chi connectivity index (χ0n) is 11.5. The van der Waals surface area contributed by atoms with Gasteiger partial charge in [0.1, 0.15) is 5.82 Å². The highest BCUT2D eigenvalue weighted by atomic mass is 14.9. The molecule has 1 heterocycles. The Morgan fingerprint density at radius 2 is 1.89 bits per heavy atom. The first-order chi connectivity index (χ1) is 9.42. The summed E-state index contributed by atoms with van der Waals surface area (Å²) in [6.45, 7) is 1.03. The fourth-order valence-electron chi connectivity index (χ4n) is 3.00. The second-order valence-electron chi connectivity index (χ2n) is 5.59. The van der Waals surface area contributed by atoms with Crippen LogP contribution in [0.4, 0.5) is 0 Å². The highest BCUT2D eigenvalue weighted by molar-refractivity contribution is 5.74. The fraction of sp³-hybridized carbons (Fsp3) is 0.562. The van der Waals surface area contributed by atoms with Crippen LogP contribution >= 0.6 is 0 Å². The van der Waals surface area contributed by atoms with E-state index < -0.39 is 0 Å². The molecule has 0 aliphatic heterocycles. The van der Waals surface area contributed by atoms with Gasteiger partial charge in [-0.3, -0.25) is 0 Å². The van der Waals surface area contributed by atoms with E-state index in [1.54, 1.807) is 0 Å². The lowest BCUT2D eigenvalue weighted by Gasteiger charge is -2.15. The molecule has 0 atom stereocenters. The molecule has 2 N–H and O–H groups in total. The van der Waals surface area contributed by atoms with Gasteiger partial charge in [0.05, 0.1) is 11.0 Å². The summed E-state index contributed by atoms with van der Waals surface area (Å²) in [7, 11) is 0. The molecule has 3 nitrogen and oxygen atoms in total. The number of hydrogen-bond acceptors (Lipinski definition) is 2. The second-order valence-corrected chi connectivity index (χ2v) is 5.59. The first-order valence-electron chi connectivity index (χ1n) is 7.59. The number of para-hydroxylation sites is 2. The molecule has 3 rings (SSSR count). The lowest BCUT2D eigenvalue weighted by Crippen LogP contribution is -2.30. The molecule has 1 saturated carbocycles. The molecule has 0 amide bonds. The summed E-state index contributed by atoms with van der Waals surface area (Å²) in [5.41, 5.74) is 2.22. The van der Waals surface area contributed by atoms with Crippen LogP contribution in [0.1, 0.15) is 44.3 Å². The minimum absolute atomic E-state index is 0.729. The zero-order valence-corrected chi connectivity index (χ0v) is 11.5. The molecule has 3 heteroatoms. The quantitative estimate of drug-likeness (QED) is 0.824. The highest BCUT2D eigenvalue weighted by Crippen LogP contribution is 2.17. The standard InChI is InChI=1S/C16H23N3/c1-2-4-8-13(7-3-1)17-12-11-16-18-14-9-5-6-10-15(14)19-16/h5-6,9-10,13,17H,1-4,7-8,11-12H2,(H,18,19). The lowest BCUT2D eigenvalue weighted by molar-refractivity contribution is 0.461. The average Bonchev–Trinajstić information content (AvgIpc) is 2.66. The molecule has 1 fully saturated rings. The van der Waals surface area contributed by atoms with Crippen molar-refractivity contribution in [3.8, 4) is 0 Å². The van der Waals surface area contributed by atoms with Gasteiger partial charge >= 0.3 is 0 Å². The molecule has 0 radical (unpaired) electrons. The van der Waals surface area contributed by atoms with Crippen molar-refractivity contribution in [3.05, 3.63) is 30.1 Å². The molecule has 1 aliphatic rings. The zero-order chi connectivity index (χ0) is 12.9. The number of rotatable bonds is 4. The van der Waals surface area contributed by atoms with E-state index in [1.807, 2.05) is 12.1 Å². The SMILES string of the molecule is c1ccc2[nH]c(CCNC3CCCCCC3)nc2c1. The Morgan fingerprint density at radius 1 is 1.11 bits per heavy atom. The van der Waals surface area contributed by atoms with E-state index in [2.05, 4.69) is 27.4 Å². The highest BCUT2D eigenvalue weighted by Gasteiger charge is 2.11. The van der Waals surface area contributed by atoms with Crippen molar-refractivity contribution < 1.29 is 0 Å². The van der Waals surface area contributed by atoms with Gasteiger partial charge in [0, 0.05) is 19.0 Å². The monoisotopic (exact) mass is 257 g/mol. The van der Waals surface area contributed by atoms with Gasteiger partial charge in [0.2, 0.25) is 0 Å². The van der Waals surface area contributed by atoms with Crippen LogP contribution in [0.5, 0.6) is 0 Å². The van der Waals surface area contributed by atoms with Crippen LogP contribution in [0, 0.1) is 0 Å². The van der Waals surface area contributed by atoms with Gasteiger partial charge in [-0.05, 0) is 25.0 Å². The van der Waals surface area contributed by atoms with Gasteiger partial charge in [-0.2, -0.15) is 0 Å². The van der Waals surface area contributed by atoms with Crippen LogP contribution in [0.15, 0.2) is 24.3 Å². The maximum atomic E-state index is 4.62. The Hall–Kier alpha value is -1.35. The van der Waals surface area contributed by atoms with E-state index in [1.165, 1.54) is 38.5 Å². The van der Waals surface area contributed by atoms with Gasteiger partial charge < -0.3 is 10.3 Å². The molecule has 2 aromatic rings. The molecule has 1 aliphatic carbocycles. The van der Waals surface area contributed by atoms with Crippen LogP contribution in [-0.2, 0) is 6.42 Å². The molecule has 0 bridgehead atoms. The second kappa shape index (κ2) is 6.20. The van der Waals surface area contributed by atoms with Crippen molar-refractivity contribution in [2.45, 2.75) is 51.0 Å². The first-order valence-corrected chi connectivity index (χ1v) is 7.59. The van der Waals surface area contributed by atoms with Crippen LogP contribution in [0.2, 0.25) is 0 Å². The summed E-state index contributed by atoms with van der Waals surface area (Å²) in [5.74, 6) is 1.10. The number of H-pyrrole nitrogens is 1. The molecule has 1 aromatic heterocycles. The molecule has 0 spiro atoms. The topological polar surface area (TPSA) is 40.7 Å². The van der Waals surface area contributed by atoms with E-state index in [0.717, 1.165) is 35.9 Å². The van der Waals surface area contributed by atoms with Crippen molar-refractivity contribution in [2.75, 3.05) is 6.54 Å². The molecular formula is C16H23N3. The predicted molar refractivity (Wildman–Crippen MR) is 79.3 cm³/mol. The van der Waals surface area contributed by atoms with Crippen molar-refractivity contribution >= 4 is 11.0 Å². The predicted octanol–water partition coefficient (Wildman–Crippen LogP) is 3.42. The van der Waals surface area contributed by atoms with Crippen molar-refractivity contribution in [1.29, 1.82) is 0 Å². The van der Waals surface area contributed by atoms with E-state index in [-0.39, 0.29) is 0 Å². The Bertz CT molecular complexity index is 476. The van der Waals surface area contributed by atoms with Crippen LogP contribution in [0.3, 0.4) is 0 Å². The lowest BCUT2D eigenvalue weighted by atomic mass is 10.1. The number of fused-ring (bicyclic) bond motifs is 1. The fourth-order valence-corrected chi connectivity index (χ4v) is 3.00. The third kappa shape index (κ3) is 3.35. The molecule has 102 valence electrons. The number of nitrogens with one attached hydrogen (secondary N) is 2. The maximum Gasteiger partial charge on any atom is 0.108 e. The summed E-state index contributed by atoms with van der Waals surface area (Å²) in [6.07, 6.45) is 9.31. The number of hydrogen-bond donors (Lipinski definition) is 2. The van der Waals surface area contributed by atoms with E-state index in [9.17, 15) is 0 Å². The van der Waals surface area contributed by atoms with Gasteiger partial charge in [-0.1, -0.05) is 37.8 Å². The van der Waals surface area contributed by atoms with Crippen LogP contribution < -0.4 is 5.32 Å². The number of nitrogens with zero attached hydrogens (tertiary/aromatic N) is 1. The number of aromatic amines is 1. The Morgan fingerprint density at radius 3 is 2.68 bits per heavy atom. The molecule has 0 saturated heterocycles. The molecule has 1 aromatic carbocycles. The minimum atomic E-state index is 0.729. The van der Waals surface area contributed by atoms with Gasteiger partial charge in [-0.15, -0.1) is 0 Å². The number of benzene rings is 1. The third-order valence-corrected chi connectivity index (χ3v) is 4.09. The Labute approximate surface area is 114 Å². The molecular weight excluding hydrogens is 234 g/mol. The van der Waals surface area contributed by atoms with Crippen LogP contribution in [0.25, 0.3) is 11.0 Å². The number of aromatic nitrogens is 2. The Kier molecular flexibility index (Phi) is 4.13. The van der Waals surface area contributed by atoms with Crippen molar-refractivity contribution in [3.63, 3.8) is 0 Å². The van der Waals surface area contributed by atoms with Crippen molar-refractivity contribution in [1.82, 2.24) is 15.3 Å². The maximum absolute atomic E-state index is 4.62. The van der Waals surface area contributed by atoms with E-state index in [4.69, 9.17) is 0 Å². The van der Waals surface area contributed by atoms with E-state index in [0.29, 0.717) is 0 Å². The Balaban J connectivity index is 1.51. The number of imidazole rings is 1. The summed E-state index contributed by atoms with van der Waals surface area (Å²) in [6, 6.07) is 8.97. The minimum Gasteiger partial charge on any atom is -0.342 e. The third-order valence-electron chi connectivity index (χ3n) is 4.09. The van der Waals surface area contributed by atoms with Gasteiger partial charge in [-0.25, -0.2) is 4.98 Å². The molecule has 0 unspecified atom stereocenters. The van der Waals surface area contributed by atoms with E-state index >= 15 is 0 Å². The average molecular weight is 257 g/mol. The van der Waals surface area contributed by atoms with Crippen molar-refractivity contribution in [2.24, 2.45) is 0 Å². The summed E-state index contributed by atoms with van der Waals surface area (Å²) in [5, 5.41) is 3.69. The largest absolute Gasteiger partial charge is 0.342 e. The molecule has 19 heavy (non-hydrogen) atoms. The smallest absolute Gasteiger partial charge is 0.108 e. The van der Waals surface area contributed by atoms with Crippen LogP contribution in [-0.4, -0.2) is 22.6 Å². The summed E-state index contributed by atoms with van der Waals surface area (Å²) < 4.78 is 0.